The van der Waals surface area contributed by atoms with E-state index in [0.717, 1.165) is 25.0 Å². The molecule has 102 valence electrons. The molecular weight excluding hydrogens is 307 g/mol. The van der Waals surface area contributed by atoms with Crippen molar-refractivity contribution in [2.75, 3.05) is 0 Å². The quantitative estimate of drug-likeness (QED) is 0.837. The summed E-state index contributed by atoms with van der Waals surface area (Å²) in [7, 11) is 0. The van der Waals surface area contributed by atoms with E-state index in [1.165, 1.54) is 6.07 Å². The van der Waals surface area contributed by atoms with Crippen LogP contribution in [0.25, 0.3) is 0 Å². The fraction of sp³-hybridized carbons (Fsp3) is 0.538. The number of nitrogens with two attached hydrogens (primary N) is 1. The molecule has 0 heterocycles. The molecule has 0 aliphatic carbocycles. The van der Waals surface area contributed by atoms with Gasteiger partial charge in [0.05, 0.1) is 5.56 Å². The third-order valence-corrected chi connectivity index (χ3v) is 3.96. The molecule has 0 fully saturated rings. The molecule has 1 unspecified atom stereocenters. The maximum Gasteiger partial charge on any atom is 0.416 e. The van der Waals surface area contributed by atoms with Crippen LogP contribution in [0.1, 0.15) is 43.9 Å². The molecule has 0 saturated carbocycles. The van der Waals surface area contributed by atoms with Crippen molar-refractivity contribution in [2.24, 2.45) is 11.7 Å². The van der Waals surface area contributed by atoms with Crippen molar-refractivity contribution in [1.29, 1.82) is 0 Å². The predicted octanol–water partition coefficient (Wildman–Crippen LogP) is 4.90. The molecule has 0 amide bonds. The van der Waals surface area contributed by atoms with Gasteiger partial charge in [-0.05, 0) is 29.7 Å². The third kappa shape index (κ3) is 3.48. The smallest absolute Gasteiger partial charge is 0.324 e. The van der Waals surface area contributed by atoms with Crippen LogP contribution in [0.5, 0.6) is 0 Å². The SMILES string of the molecule is CCC(CC)C(N)c1cc(C(F)(F)F)ccc1Br. The summed E-state index contributed by atoms with van der Waals surface area (Å²) < 4.78 is 38.6. The van der Waals surface area contributed by atoms with Crippen molar-refractivity contribution in [3.63, 3.8) is 0 Å². The summed E-state index contributed by atoms with van der Waals surface area (Å²) in [5.74, 6) is 0.185. The van der Waals surface area contributed by atoms with Crippen molar-refractivity contribution in [3.05, 3.63) is 33.8 Å². The average molecular weight is 324 g/mol. The topological polar surface area (TPSA) is 26.0 Å². The minimum Gasteiger partial charge on any atom is -0.324 e. The molecule has 2 N–H and O–H groups in total. The van der Waals surface area contributed by atoms with Crippen LogP contribution in [0.15, 0.2) is 22.7 Å². The van der Waals surface area contributed by atoms with Crippen LogP contribution in [0.4, 0.5) is 13.2 Å². The van der Waals surface area contributed by atoms with Crippen molar-refractivity contribution in [3.8, 4) is 0 Å². The second kappa shape index (κ2) is 6.06. The predicted molar refractivity (Wildman–Crippen MR) is 70.1 cm³/mol. The zero-order valence-electron chi connectivity index (χ0n) is 10.4. The molecule has 0 aliphatic heterocycles. The number of hydrogen-bond donors (Lipinski definition) is 1. The lowest BCUT2D eigenvalue weighted by atomic mass is 9.89. The van der Waals surface area contributed by atoms with Gasteiger partial charge in [0.1, 0.15) is 0 Å². The summed E-state index contributed by atoms with van der Waals surface area (Å²) in [4.78, 5) is 0. The summed E-state index contributed by atoms with van der Waals surface area (Å²) in [6.45, 7) is 3.99. The highest BCUT2D eigenvalue weighted by molar-refractivity contribution is 9.10. The maximum atomic E-state index is 12.7. The van der Waals surface area contributed by atoms with Gasteiger partial charge in [-0.15, -0.1) is 0 Å². The Hall–Kier alpha value is -0.550. The first-order valence-electron chi connectivity index (χ1n) is 5.93. The van der Waals surface area contributed by atoms with Gasteiger partial charge in [-0.1, -0.05) is 42.6 Å². The first-order chi connectivity index (χ1) is 8.31. The van der Waals surface area contributed by atoms with E-state index < -0.39 is 11.7 Å². The molecule has 0 saturated heterocycles. The Kier molecular flexibility index (Phi) is 5.22. The van der Waals surface area contributed by atoms with E-state index in [2.05, 4.69) is 15.9 Å². The molecule has 0 aliphatic rings. The second-order valence-electron chi connectivity index (χ2n) is 4.34. The Bertz CT molecular complexity index is 400. The van der Waals surface area contributed by atoms with Gasteiger partial charge in [0.15, 0.2) is 0 Å². The summed E-state index contributed by atoms with van der Waals surface area (Å²) in [6, 6.07) is 3.25. The van der Waals surface area contributed by atoms with E-state index >= 15 is 0 Å². The number of rotatable bonds is 4. The van der Waals surface area contributed by atoms with Crippen LogP contribution in [-0.2, 0) is 6.18 Å². The normalized spacial score (nSPS) is 14.0. The Morgan fingerprint density at radius 2 is 1.78 bits per heavy atom. The fourth-order valence-corrected chi connectivity index (χ4v) is 2.54. The van der Waals surface area contributed by atoms with E-state index in [-0.39, 0.29) is 12.0 Å². The summed E-state index contributed by atoms with van der Waals surface area (Å²) in [5, 5.41) is 0. The zero-order valence-corrected chi connectivity index (χ0v) is 12.0. The molecule has 1 aromatic carbocycles. The van der Waals surface area contributed by atoms with E-state index in [4.69, 9.17) is 5.73 Å². The Labute approximate surface area is 114 Å². The molecule has 0 radical (unpaired) electrons. The van der Waals surface area contributed by atoms with E-state index in [1.807, 2.05) is 13.8 Å². The summed E-state index contributed by atoms with van der Waals surface area (Å²) in [5.41, 5.74) is 5.95. The molecule has 5 heteroatoms. The molecule has 0 bridgehead atoms. The van der Waals surface area contributed by atoms with Gasteiger partial charge < -0.3 is 5.73 Å². The van der Waals surface area contributed by atoms with Crippen LogP contribution < -0.4 is 5.73 Å². The van der Waals surface area contributed by atoms with Crippen LogP contribution in [0.2, 0.25) is 0 Å². The minimum absolute atomic E-state index is 0.185. The van der Waals surface area contributed by atoms with E-state index in [1.54, 1.807) is 0 Å². The van der Waals surface area contributed by atoms with Gasteiger partial charge >= 0.3 is 6.18 Å². The Balaban J connectivity index is 3.15. The largest absolute Gasteiger partial charge is 0.416 e. The van der Waals surface area contributed by atoms with Crippen molar-refractivity contribution in [2.45, 2.75) is 38.9 Å². The van der Waals surface area contributed by atoms with Gasteiger partial charge in [0.25, 0.3) is 0 Å². The summed E-state index contributed by atoms with van der Waals surface area (Å²) >= 11 is 3.28. The van der Waals surface area contributed by atoms with Gasteiger partial charge in [-0.25, -0.2) is 0 Å². The Morgan fingerprint density at radius 3 is 2.22 bits per heavy atom. The lowest BCUT2D eigenvalue weighted by Crippen LogP contribution is -2.21. The molecule has 1 aromatic rings. The molecule has 1 atom stereocenters. The number of benzene rings is 1. The highest BCUT2D eigenvalue weighted by atomic mass is 79.9. The van der Waals surface area contributed by atoms with Crippen molar-refractivity contribution in [1.82, 2.24) is 0 Å². The van der Waals surface area contributed by atoms with Gasteiger partial charge in [-0.2, -0.15) is 13.2 Å². The number of halogens is 4. The second-order valence-corrected chi connectivity index (χ2v) is 5.19. The van der Waals surface area contributed by atoms with Crippen LogP contribution >= 0.6 is 15.9 Å². The van der Waals surface area contributed by atoms with Crippen LogP contribution in [0.3, 0.4) is 0 Å². The highest BCUT2D eigenvalue weighted by Crippen LogP contribution is 2.36. The van der Waals surface area contributed by atoms with Crippen LogP contribution in [-0.4, -0.2) is 0 Å². The third-order valence-electron chi connectivity index (χ3n) is 3.24. The zero-order chi connectivity index (χ0) is 13.9. The van der Waals surface area contributed by atoms with Crippen molar-refractivity contribution < 1.29 is 13.2 Å². The van der Waals surface area contributed by atoms with Crippen LogP contribution in [0, 0.1) is 5.92 Å². The average Bonchev–Trinajstić information content (AvgIpc) is 2.29. The lowest BCUT2D eigenvalue weighted by Gasteiger charge is -2.23. The van der Waals surface area contributed by atoms with E-state index in [9.17, 15) is 13.2 Å². The molecule has 0 aromatic heterocycles. The first kappa shape index (κ1) is 15.5. The molecule has 1 rings (SSSR count). The summed E-state index contributed by atoms with van der Waals surface area (Å²) in [6.07, 6.45) is -2.64. The first-order valence-corrected chi connectivity index (χ1v) is 6.72. The number of alkyl halides is 3. The molecular formula is C13H17BrF3N. The van der Waals surface area contributed by atoms with Crippen molar-refractivity contribution >= 4 is 15.9 Å². The highest BCUT2D eigenvalue weighted by Gasteiger charge is 2.32. The molecule has 1 nitrogen and oxygen atoms in total. The maximum absolute atomic E-state index is 12.7. The lowest BCUT2D eigenvalue weighted by molar-refractivity contribution is -0.137. The standard InChI is InChI=1S/C13H17BrF3N/c1-3-8(4-2)12(18)10-7-9(13(15,16)17)5-6-11(10)14/h5-8,12H,3-4,18H2,1-2H3. The van der Waals surface area contributed by atoms with Gasteiger partial charge in [0, 0.05) is 10.5 Å². The number of hydrogen-bond acceptors (Lipinski definition) is 1. The molecule has 0 spiro atoms. The van der Waals surface area contributed by atoms with Gasteiger partial charge in [-0.3, -0.25) is 0 Å². The Morgan fingerprint density at radius 1 is 1.22 bits per heavy atom. The monoisotopic (exact) mass is 323 g/mol. The van der Waals surface area contributed by atoms with E-state index in [0.29, 0.717) is 10.0 Å². The van der Waals surface area contributed by atoms with Gasteiger partial charge in [0.2, 0.25) is 0 Å². The molecule has 18 heavy (non-hydrogen) atoms. The minimum atomic E-state index is -4.33. The fourth-order valence-electron chi connectivity index (χ4n) is 2.03.